The maximum Gasteiger partial charge on any atom is 0.140 e. The molecule has 47 heavy (non-hydrogen) atoms. The zero-order valence-corrected chi connectivity index (χ0v) is 27.8. The molecule has 2 heterocycles. The molecule has 0 unspecified atom stereocenters. The normalized spacial score (nSPS) is 12.7. The van der Waals surface area contributed by atoms with E-state index in [1.165, 1.54) is 58.2 Å². The first kappa shape index (κ1) is 31.0. The minimum Gasteiger partial charge on any atom is -0.326 e. The Kier molecular flexibility index (Phi) is 9.53. The number of imidazole rings is 1. The van der Waals surface area contributed by atoms with E-state index < -0.39 is 0 Å². The van der Waals surface area contributed by atoms with Crippen LogP contribution in [0.4, 0.5) is 0 Å². The number of hydrogen-bond donors (Lipinski definition) is 0. The maximum absolute atomic E-state index is 5.41. The monoisotopic (exact) mass is 619 g/mol. The van der Waals surface area contributed by atoms with Crippen molar-refractivity contribution in [1.82, 2.24) is 24.4 Å². The Morgan fingerprint density at radius 3 is 2.19 bits per heavy atom. The van der Waals surface area contributed by atoms with Gasteiger partial charge >= 0.3 is 0 Å². The second-order valence-electron chi connectivity index (χ2n) is 13.0. The minimum absolute atomic E-state index is 0.785. The lowest BCUT2D eigenvalue weighted by Crippen LogP contribution is -2.25. The van der Waals surface area contributed by atoms with Gasteiger partial charge in [-0.1, -0.05) is 118 Å². The molecule has 1 aliphatic carbocycles. The van der Waals surface area contributed by atoms with Crippen LogP contribution in [-0.4, -0.2) is 24.4 Å². The lowest BCUT2D eigenvalue weighted by Gasteiger charge is -2.25. The summed E-state index contributed by atoms with van der Waals surface area (Å²) in [6.45, 7) is 7.88. The predicted octanol–water partition coefficient (Wildman–Crippen LogP) is 9.60. The second kappa shape index (κ2) is 14.4. The van der Waals surface area contributed by atoms with Crippen LogP contribution in [0.25, 0.3) is 33.5 Å². The summed E-state index contributed by atoms with van der Waals surface area (Å²) < 4.78 is 2.50. The Bertz CT molecular complexity index is 1940. The van der Waals surface area contributed by atoms with Crippen LogP contribution in [0, 0.1) is 0 Å². The van der Waals surface area contributed by atoms with Crippen molar-refractivity contribution in [3.63, 3.8) is 0 Å². The van der Waals surface area contributed by atoms with Crippen LogP contribution in [0.1, 0.15) is 73.2 Å². The lowest BCUT2D eigenvalue weighted by atomic mass is 10.0. The summed E-state index contributed by atoms with van der Waals surface area (Å²) in [7, 11) is 0. The Morgan fingerprint density at radius 1 is 0.702 bits per heavy atom. The van der Waals surface area contributed by atoms with Crippen LogP contribution >= 0.6 is 0 Å². The lowest BCUT2D eigenvalue weighted by molar-refractivity contribution is 0.241. The molecule has 238 valence electrons. The van der Waals surface area contributed by atoms with Crippen molar-refractivity contribution in [2.45, 2.75) is 85.0 Å². The van der Waals surface area contributed by atoms with Crippen LogP contribution in [0.15, 0.2) is 103 Å². The summed E-state index contributed by atoms with van der Waals surface area (Å²) >= 11 is 0. The number of unbranched alkanes of at least 4 members (excludes halogenated alkanes) is 1. The summed E-state index contributed by atoms with van der Waals surface area (Å²) in [6, 6.07) is 35.4. The molecule has 2 aromatic heterocycles. The molecule has 0 amide bonds. The van der Waals surface area contributed by atoms with E-state index >= 15 is 0 Å². The molecule has 0 bridgehead atoms. The summed E-state index contributed by atoms with van der Waals surface area (Å²) in [5.41, 5.74) is 12.5. The Balaban J connectivity index is 1.32. The van der Waals surface area contributed by atoms with Crippen molar-refractivity contribution in [2.24, 2.45) is 0 Å². The molecule has 0 N–H and O–H groups in total. The van der Waals surface area contributed by atoms with Crippen molar-refractivity contribution in [3.05, 3.63) is 137 Å². The third-order valence-electron chi connectivity index (χ3n) is 9.51. The van der Waals surface area contributed by atoms with E-state index in [1.807, 2.05) is 0 Å². The molecular weight excluding hydrogens is 574 g/mol. The number of rotatable bonds is 13. The van der Waals surface area contributed by atoms with Gasteiger partial charge in [0.15, 0.2) is 0 Å². The average molecular weight is 620 g/mol. The fourth-order valence-corrected chi connectivity index (χ4v) is 7.15. The topological polar surface area (TPSA) is 46.8 Å². The van der Waals surface area contributed by atoms with Crippen molar-refractivity contribution in [2.75, 3.05) is 0 Å². The fraction of sp³-hybridized carbons (Fsp3) is 0.310. The van der Waals surface area contributed by atoms with E-state index in [0.717, 1.165) is 80.2 Å². The molecule has 0 radical (unpaired) electrons. The highest BCUT2D eigenvalue weighted by Crippen LogP contribution is 2.32. The highest BCUT2D eigenvalue weighted by Gasteiger charge is 2.23. The van der Waals surface area contributed by atoms with E-state index in [1.54, 1.807) is 6.33 Å². The van der Waals surface area contributed by atoms with Gasteiger partial charge in [-0.25, -0.2) is 15.0 Å². The van der Waals surface area contributed by atoms with E-state index in [2.05, 4.69) is 125 Å². The first-order valence-corrected chi connectivity index (χ1v) is 17.5. The first-order valence-electron chi connectivity index (χ1n) is 17.5. The quantitative estimate of drug-likeness (QED) is 0.129. The average Bonchev–Trinajstić information content (AvgIpc) is 3.72. The summed E-state index contributed by atoms with van der Waals surface area (Å²) in [4.78, 5) is 17.3. The van der Waals surface area contributed by atoms with Crippen molar-refractivity contribution in [3.8, 4) is 22.6 Å². The van der Waals surface area contributed by atoms with Gasteiger partial charge in [0.25, 0.3) is 0 Å². The van der Waals surface area contributed by atoms with Gasteiger partial charge in [-0.2, -0.15) is 0 Å². The molecule has 0 spiro atoms. The van der Waals surface area contributed by atoms with Gasteiger partial charge in [-0.15, -0.1) is 0 Å². The third-order valence-corrected chi connectivity index (χ3v) is 9.51. The number of fused-ring (bicyclic) bond motifs is 2. The fourth-order valence-electron chi connectivity index (χ4n) is 7.15. The molecular formula is C42H45N5. The van der Waals surface area contributed by atoms with Gasteiger partial charge in [0, 0.05) is 42.7 Å². The molecule has 5 heteroatoms. The van der Waals surface area contributed by atoms with Gasteiger partial charge in [-0.3, -0.25) is 4.90 Å². The summed E-state index contributed by atoms with van der Waals surface area (Å²) in [5.74, 6) is 1.05. The molecule has 1 aliphatic rings. The summed E-state index contributed by atoms with van der Waals surface area (Å²) in [6.07, 6.45) is 9.66. The molecule has 0 saturated heterocycles. The minimum atomic E-state index is 0.785. The van der Waals surface area contributed by atoms with Gasteiger partial charge in [0.2, 0.25) is 0 Å². The molecule has 0 saturated carbocycles. The predicted molar refractivity (Wildman–Crippen MR) is 193 cm³/mol. The van der Waals surface area contributed by atoms with Crippen molar-refractivity contribution < 1.29 is 0 Å². The Labute approximate surface area is 279 Å². The van der Waals surface area contributed by atoms with Gasteiger partial charge in [-0.05, 0) is 60.4 Å². The van der Waals surface area contributed by atoms with E-state index in [-0.39, 0.29) is 0 Å². The summed E-state index contributed by atoms with van der Waals surface area (Å²) in [5, 5.41) is 1.17. The van der Waals surface area contributed by atoms with Gasteiger partial charge < -0.3 is 4.57 Å². The number of nitrogens with zero attached hydrogens (tertiary/aromatic N) is 5. The largest absolute Gasteiger partial charge is 0.326 e. The van der Waals surface area contributed by atoms with Crippen molar-refractivity contribution >= 4 is 10.9 Å². The van der Waals surface area contributed by atoms with E-state index in [0.29, 0.717) is 0 Å². The third kappa shape index (κ3) is 6.91. The van der Waals surface area contributed by atoms with E-state index in [9.17, 15) is 0 Å². The van der Waals surface area contributed by atoms with E-state index in [4.69, 9.17) is 9.97 Å². The van der Waals surface area contributed by atoms with Crippen LogP contribution in [0.5, 0.6) is 0 Å². The van der Waals surface area contributed by atoms with Crippen LogP contribution in [-0.2, 0) is 45.4 Å². The molecule has 0 fully saturated rings. The molecule has 0 aliphatic heterocycles. The number of hydrogen-bond acceptors (Lipinski definition) is 4. The second-order valence-corrected chi connectivity index (χ2v) is 13.0. The molecule has 0 atom stereocenters. The standard InChI is InChI=1S/C42H45N5/c1-3-5-24-47-40(41(34-14-8-6-9-15-34)45-42(47)35-16-10-7-11-17-35)29-46(27-31-20-22-33-18-12-19-36(33)25-31)28-32-21-23-37-38(13-4-2)43-30-44-39(37)26-32/h6-11,14-17,20-23,25-26,30H,3-5,12-13,18-19,24,27-29H2,1-2H3. The van der Waals surface area contributed by atoms with Crippen molar-refractivity contribution in [1.29, 1.82) is 0 Å². The highest BCUT2D eigenvalue weighted by atomic mass is 15.2. The number of benzene rings is 4. The first-order chi connectivity index (χ1) is 23.2. The van der Waals surface area contributed by atoms with Crippen LogP contribution in [0.3, 0.4) is 0 Å². The molecule has 6 aromatic rings. The molecule has 5 nitrogen and oxygen atoms in total. The SMILES string of the molecule is CCCCn1c(-c2ccccc2)nc(-c2ccccc2)c1CN(Cc1ccc2c(c1)CCC2)Cc1ccc2c(CCC)ncnc2c1. The molecule has 4 aromatic carbocycles. The molecule has 7 rings (SSSR count). The Hall–Kier alpha value is -4.61. The zero-order chi connectivity index (χ0) is 32.0. The van der Waals surface area contributed by atoms with Gasteiger partial charge in [0.1, 0.15) is 12.2 Å². The van der Waals surface area contributed by atoms with Gasteiger partial charge in [0.05, 0.1) is 22.6 Å². The highest BCUT2D eigenvalue weighted by molar-refractivity contribution is 5.81. The smallest absolute Gasteiger partial charge is 0.140 e. The number of aromatic nitrogens is 4. The Morgan fingerprint density at radius 2 is 1.43 bits per heavy atom. The van der Waals surface area contributed by atoms with Crippen LogP contribution < -0.4 is 0 Å². The number of aryl methyl sites for hydroxylation is 3. The van der Waals surface area contributed by atoms with Crippen LogP contribution in [0.2, 0.25) is 0 Å². The maximum atomic E-state index is 5.41. The zero-order valence-electron chi connectivity index (χ0n) is 27.8.